The summed E-state index contributed by atoms with van der Waals surface area (Å²) in [6.45, 7) is 0.352. The number of ether oxygens (including phenoxy) is 1. The Bertz CT molecular complexity index is 534. The second-order valence-corrected chi connectivity index (χ2v) is 4.11. The van der Waals surface area contributed by atoms with Crippen LogP contribution in [0.5, 0.6) is 0 Å². The Labute approximate surface area is 109 Å². The molecule has 1 fully saturated rings. The zero-order valence-electron chi connectivity index (χ0n) is 10.1. The number of hydrogen-bond acceptors (Lipinski definition) is 4. The molecule has 0 saturated carbocycles. The van der Waals surface area contributed by atoms with Crippen LogP contribution in [0.15, 0.2) is 29.4 Å². The Morgan fingerprint density at radius 1 is 1.47 bits per heavy atom. The number of carbonyl (C=O) groups excluding carboxylic acids is 2. The summed E-state index contributed by atoms with van der Waals surface area (Å²) in [5, 5.41) is 6.06. The van der Waals surface area contributed by atoms with E-state index in [0.717, 1.165) is 5.56 Å². The number of nitrogens with zero attached hydrogens (tertiary/aromatic N) is 3. The van der Waals surface area contributed by atoms with E-state index in [2.05, 4.69) is 15.3 Å². The summed E-state index contributed by atoms with van der Waals surface area (Å²) < 4.78 is 4.76. The minimum absolute atomic E-state index is 0.167. The predicted octanol–water partition coefficient (Wildman–Crippen LogP) is 1.60. The molecule has 2 rings (SSSR count). The second-order valence-electron chi connectivity index (χ2n) is 4.11. The SMILES string of the molecule is [N-]=[N+]=Nc1ccc(CC(=O)NC2CCOC2=O)cc1. The molecule has 1 amide bonds. The van der Waals surface area contributed by atoms with Gasteiger partial charge in [0.25, 0.3) is 0 Å². The van der Waals surface area contributed by atoms with E-state index >= 15 is 0 Å². The predicted molar refractivity (Wildman–Crippen MR) is 66.5 cm³/mol. The fraction of sp³-hybridized carbons (Fsp3) is 0.333. The molecule has 7 heteroatoms. The highest BCUT2D eigenvalue weighted by atomic mass is 16.5. The van der Waals surface area contributed by atoms with Gasteiger partial charge in [-0.05, 0) is 11.1 Å². The van der Waals surface area contributed by atoms with Crippen LogP contribution in [0.2, 0.25) is 0 Å². The molecule has 0 aromatic heterocycles. The van der Waals surface area contributed by atoms with Crippen LogP contribution in [-0.4, -0.2) is 24.5 Å². The Hall–Kier alpha value is -2.53. The van der Waals surface area contributed by atoms with Gasteiger partial charge in [-0.15, -0.1) is 0 Å². The fourth-order valence-electron chi connectivity index (χ4n) is 1.79. The van der Waals surface area contributed by atoms with E-state index in [1.54, 1.807) is 24.3 Å². The van der Waals surface area contributed by atoms with Crippen LogP contribution in [0.25, 0.3) is 10.4 Å². The molecule has 0 spiro atoms. The van der Waals surface area contributed by atoms with Gasteiger partial charge in [-0.25, -0.2) is 4.79 Å². The minimum Gasteiger partial charge on any atom is -0.464 e. The van der Waals surface area contributed by atoms with E-state index in [4.69, 9.17) is 10.3 Å². The largest absolute Gasteiger partial charge is 0.464 e. The van der Waals surface area contributed by atoms with E-state index in [0.29, 0.717) is 18.7 Å². The molecule has 1 N–H and O–H groups in total. The monoisotopic (exact) mass is 260 g/mol. The molecule has 0 radical (unpaired) electrons. The zero-order chi connectivity index (χ0) is 13.7. The first-order valence-electron chi connectivity index (χ1n) is 5.79. The van der Waals surface area contributed by atoms with Crippen molar-refractivity contribution in [2.45, 2.75) is 18.9 Å². The van der Waals surface area contributed by atoms with Gasteiger partial charge in [0.2, 0.25) is 5.91 Å². The summed E-state index contributed by atoms with van der Waals surface area (Å²) in [6.07, 6.45) is 0.681. The van der Waals surface area contributed by atoms with Crippen LogP contribution in [0, 0.1) is 0 Å². The van der Waals surface area contributed by atoms with E-state index in [1.165, 1.54) is 0 Å². The number of nitrogens with one attached hydrogen (secondary N) is 1. The van der Waals surface area contributed by atoms with Crippen LogP contribution in [-0.2, 0) is 20.7 Å². The average Bonchev–Trinajstić information content (AvgIpc) is 2.78. The summed E-state index contributed by atoms with van der Waals surface area (Å²) in [7, 11) is 0. The summed E-state index contributed by atoms with van der Waals surface area (Å²) in [5.41, 5.74) is 9.54. The Kier molecular flexibility index (Phi) is 4.00. The van der Waals surface area contributed by atoms with Crippen molar-refractivity contribution in [1.82, 2.24) is 5.32 Å². The van der Waals surface area contributed by atoms with Crippen LogP contribution in [0.4, 0.5) is 5.69 Å². The molecule has 7 nitrogen and oxygen atoms in total. The zero-order valence-corrected chi connectivity index (χ0v) is 10.1. The van der Waals surface area contributed by atoms with Gasteiger partial charge in [0.05, 0.1) is 13.0 Å². The highest BCUT2D eigenvalue weighted by molar-refractivity contribution is 5.86. The number of azide groups is 1. The van der Waals surface area contributed by atoms with Gasteiger partial charge < -0.3 is 10.1 Å². The van der Waals surface area contributed by atoms with Crippen molar-refractivity contribution in [3.05, 3.63) is 40.3 Å². The minimum atomic E-state index is -0.532. The number of benzene rings is 1. The van der Waals surface area contributed by atoms with Gasteiger partial charge >= 0.3 is 5.97 Å². The Morgan fingerprint density at radius 3 is 2.79 bits per heavy atom. The molecule has 1 heterocycles. The van der Waals surface area contributed by atoms with Gasteiger partial charge in [-0.2, -0.15) is 0 Å². The lowest BCUT2D eigenvalue weighted by Crippen LogP contribution is -2.38. The quantitative estimate of drug-likeness (QED) is 0.384. The molecule has 0 bridgehead atoms. The lowest BCUT2D eigenvalue weighted by Gasteiger charge is -2.08. The molecule has 19 heavy (non-hydrogen) atoms. The topological polar surface area (TPSA) is 104 Å². The van der Waals surface area contributed by atoms with Crippen molar-refractivity contribution >= 4 is 17.6 Å². The normalized spacial score (nSPS) is 17.5. The Balaban J connectivity index is 1.91. The molecule has 1 aliphatic heterocycles. The number of esters is 1. The maximum absolute atomic E-state index is 11.7. The second kappa shape index (κ2) is 5.88. The van der Waals surface area contributed by atoms with Crippen LogP contribution in [0.1, 0.15) is 12.0 Å². The number of rotatable bonds is 4. The molecule has 1 aromatic carbocycles. The summed E-state index contributed by atoms with van der Waals surface area (Å²) >= 11 is 0. The lowest BCUT2D eigenvalue weighted by molar-refractivity contribution is -0.141. The molecule has 1 unspecified atom stereocenters. The third kappa shape index (κ3) is 3.46. The lowest BCUT2D eigenvalue weighted by atomic mass is 10.1. The summed E-state index contributed by atoms with van der Waals surface area (Å²) in [5.74, 6) is -0.618. The van der Waals surface area contributed by atoms with Crippen molar-refractivity contribution < 1.29 is 14.3 Å². The van der Waals surface area contributed by atoms with Gasteiger partial charge in [-0.1, -0.05) is 29.4 Å². The summed E-state index contributed by atoms with van der Waals surface area (Å²) in [6, 6.07) is 6.14. The van der Waals surface area contributed by atoms with Crippen molar-refractivity contribution in [3.8, 4) is 0 Å². The van der Waals surface area contributed by atoms with Crippen molar-refractivity contribution in [3.63, 3.8) is 0 Å². The molecule has 1 saturated heterocycles. The summed E-state index contributed by atoms with van der Waals surface area (Å²) in [4.78, 5) is 25.6. The first-order valence-corrected chi connectivity index (χ1v) is 5.79. The molecule has 0 aliphatic carbocycles. The smallest absolute Gasteiger partial charge is 0.328 e. The standard InChI is InChI=1S/C12H12N4O3/c13-16-15-9-3-1-8(2-4-9)7-11(17)14-10-5-6-19-12(10)18/h1-4,10H,5-7H2,(H,14,17). The van der Waals surface area contributed by atoms with Gasteiger partial charge in [0, 0.05) is 17.0 Å². The number of amides is 1. The first kappa shape index (κ1) is 12.9. The average molecular weight is 260 g/mol. The highest BCUT2D eigenvalue weighted by Crippen LogP contribution is 2.13. The van der Waals surface area contributed by atoms with Crippen molar-refractivity contribution in [2.75, 3.05) is 6.61 Å². The molecule has 1 aromatic rings. The first-order chi connectivity index (χ1) is 9.19. The molecule has 1 aliphatic rings. The Morgan fingerprint density at radius 2 is 2.21 bits per heavy atom. The van der Waals surface area contributed by atoms with E-state index in [1.807, 2.05) is 0 Å². The maximum Gasteiger partial charge on any atom is 0.328 e. The molecular formula is C12H12N4O3. The van der Waals surface area contributed by atoms with E-state index in [-0.39, 0.29) is 18.3 Å². The molecule has 1 atom stereocenters. The van der Waals surface area contributed by atoms with E-state index < -0.39 is 6.04 Å². The van der Waals surface area contributed by atoms with Crippen LogP contribution >= 0.6 is 0 Å². The highest BCUT2D eigenvalue weighted by Gasteiger charge is 2.27. The van der Waals surface area contributed by atoms with Crippen LogP contribution in [0.3, 0.4) is 0 Å². The van der Waals surface area contributed by atoms with Gasteiger partial charge in [0.15, 0.2) is 0 Å². The third-order valence-electron chi connectivity index (χ3n) is 2.73. The van der Waals surface area contributed by atoms with Crippen molar-refractivity contribution in [2.24, 2.45) is 5.11 Å². The molecule has 98 valence electrons. The van der Waals surface area contributed by atoms with E-state index in [9.17, 15) is 9.59 Å². The number of carbonyl (C=O) groups is 2. The fourth-order valence-corrected chi connectivity index (χ4v) is 1.79. The van der Waals surface area contributed by atoms with Crippen molar-refractivity contribution in [1.29, 1.82) is 0 Å². The van der Waals surface area contributed by atoms with Crippen LogP contribution < -0.4 is 5.32 Å². The maximum atomic E-state index is 11.7. The number of cyclic esters (lactones) is 1. The van der Waals surface area contributed by atoms with Gasteiger partial charge in [-0.3, -0.25) is 4.79 Å². The number of hydrogen-bond donors (Lipinski definition) is 1. The van der Waals surface area contributed by atoms with Gasteiger partial charge in [0.1, 0.15) is 6.04 Å². The molecular weight excluding hydrogens is 248 g/mol. The third-order valence-corrected chi connectivity index (χ3v) is 2.73.